The Balaban J connectivity index is 2.24. The van der Waals surface area contributed by atoms with Crippen molar-refractivity contribution in [3.05, 3.63) is 59.9 Å². The van der Waals surface area contributed by atoms with Crippen molar-refractivity contribution in [2.24, 2.45) is 5.84 Å². The second kappa shape index (κ2) is 6.21. The van der Waals surface area contributed by atoms with Crippen molar-refractivity contribution in [2.45, 2.75) is 11.4 Å². The van der Waals surface area contributed by atoms with E-state index in [0.717, 1.165) is 4.31 Å². The van der Waals surface area contributed by atoms with E-state index in [2.05, 4.69) is 5.43 Å². The molecule has 0 aromatic heterocycles. The van der Waals surface area contributed by atoms with Gasteiger partial charge in [0.15, 0.2) is 0 Å². The normalized spacial score (nSPS) is 11.6. The Morgan fingerprint density at radius 3 is 2.33 bits per heavy atom. The summed E-state index contributed by atoms with van der Waals surface area (Å²) < 4.78 is 39.5. The van der Waals surface area contributed by atoms with Gasteiger partial charge >= 0.3 is 0 Å². The quantitative estimate of drug-likeness (QED) is 0.654. The molecular formula is C14H16FN3O2S. The number of nitrogens with two attached hydrogens (primary N) is 1. The van der Waals surface area contributed by atoms with E-state index in [0.29, 0.717) is 11.3 Å². The summed E-state index contributed by atoms with van der Waals surface area (Å²) in [6.45, 7) is -0.0358. The van der Waals surface area contributed by atoms with E-state index in [-0.39, 0.29) is 11.4 Å². The molecule has 0 aliphatic heterocycles. The van der Waals surface area contributed by atoms with Crippen molar-refractivity contribution >= 4 is 15.7 Å². The van der Waals surface area contributed by atoms with Crippen LogP contribution in [0.2, 0.25) is 0 Å². The number of rotatable bonds is 5. The average molecular weight is 309 g/mol. The summed E-state index contributed by atoms with van der Waals surface area (Å²) in [6, 6.07) is 12.1. The van der Waals surface area contributed by atoms with E-state index in [1.165, 1.54) is 25.2 Å². The molecule has 0 aliphatic rings. The topological polar surface area (TPSA) is 75.4 Å². The van der Waals surface area contributed by atoms with Crippen molar-refractivity contribution in [1.29, 1.82) is 0 Å². The second-order valence-corrected chi connectivity index (χ2v) is 6.57. The van der Waals surface area contributed by atoms with Crippen LogP contribution in [0.25, 0.3) is 0 Å². The summed E-state index contributed by atoms with van der Waals surface area (Å²) in [6.07, 6.45) is 0. The minimum absolute atomic E-state index is 0.0358. The van der Waals surface area contributed by atoms with Gasteiger partial charge in [0.25, 0.3) is 0 Å². The lowest BCUT2D eigenvalue weighted by Crippen LogP contribution is -2.27. The van der Waals surface area contributed by atoms with Crippen LogP contribution in [0.4, 0.5) is 10.1 Å². The fourth-order valence-electron chi connectivity index (χ4n) is 1.85. The maximum absolute atomic E-state index is 13.6. The fraction of sp³-hybridized carbons (Fsp3) is 0.143. The van der Waals surface area contributed by atoms with Gasteiger partial charge in [-0.2, -0.15) is 4.31 Å². The van der Waals surface area contributed by atoms with Gasteiger partial charge in [-0.25, -0.2) is 12.8 Å². The number of nitrogens with one attached hydrogen (secondary N) is 1. The van der Waals surface area contributed by atoms with Crippen LogP contribution in [0.15, 0.2) is 53.4 Å². The molecule has 0 saturated heterocycles. The van der Waals surface area contributed by atoms with E-state index < -0.39 is 15.8 Å². The first-order valence-corrected chi connectivity index (χ1v) is 7.65. The highest BCUT2D eigenvalue weighted by Gasteiger charge is 2.21. The molecular weight excluding hydrogens is 293 g/mol. The number of nitrogens with zero attached hydrogens (tertiary/aromatic N) is 1. The molecule has 2 aromatic rings. The number of nitrogen functional groups attached to an aromatic ring is 1. The monoisotopic (exact) mass is 309 g/mol. The molecule has 0 fully saturated rings. The summed E-state index contributed by atoms with van der Waals surface area (Å²) in [7, 11) is -2.27. The Bertz CT molecular complexity index is 717. The fourth-order valence-corrected chi connectivity index (χ4v) is 3.00. The highest BCUT2D eigenvalue weighted by molar-refractivity contribution is 7.89. The van der Waals surface area contributed by atoms with Crippen LogP contribution in [0.1, 0.15) is 5.56 Å². The third-order valence-corrected chi connectivity index (χ3v) is 4.90. The maximum Gasteiger partial charge on any atom is 0.243 e. The van der Waals surface area contributed by atoms with Gasteiger partial charge in [-0.3, -0.25) is 5.84 Å². The summed E-state index contributed by atoms with van der Waals surface area (Å²) in [5.41, 5.74) is 3.35. The van der Waals surface area contributed by atoms with Crippen LogP contribution in [-0.4, -0.2) is 19.8 Å². The van der Waals surface area contributed by atoms with Crippen LogP contribution in [0, 0.1) is 5.82 Å². The number of anilines is 1. The third kappa shape index (κ3) is 3.38. The number of sulfonamides is 1. The zero-order valence-corrected chi connectivity index (χ0v) is 12.3. The first-order valence-electron chi connectivity index (χ1n) is 6.21. The van der Waals surface area contributed by atoms with Crippen molar-refractivity contribution in [1.82, 2.24) is 4.31 Å². The summed E-state index contributed by atoms with van der Waals surface area (Å²) >= 11 is 0. The molecule has 0 heterocycles. The molecule has 0 saturated carbocycles. The van der Waals surface area contributed by atoms with Crippen LogP contribution >= 0.6 is 0 Å². The van der Waals surface area contributed by atoms with Crippen LogP contribution in [0.3, 0.4) is 0 Å². The van der Waals surface area contributed by atoms with Crippen molar-refractivity contribution in [3.8, 4) is 0 Å². The van der Waals surface area contributed by atoms with Crippen LogP contribution in [0.5, 0.6) is 0 Å². The Kier molecular flexibility index (Phi) is 4.56. The Morgan fingerprint density at radius 1 is 1.14 bits per heavy atom. The van der Waals surface area contributed by atoms with Crippen LogP contribution < -0.4 is 11.3 Å². The zero-order valence-electron chi connectivity index (χ0n) is 11.5. The predicted molar refractivity (Wildman–Crippen MR) is 79.3 cm³/mol. The molecule has 0 aliphatic carbocycles. The third-order valence-electron chi connectivity index (χ3n) is 3.08. The van der Waals surface area contributed by atoms with Crippen molar-refractivity contribution < 1.29 is 12.8 Å². The van der Waals surface area contributed by atoms with E-state index in [1.807, 2.05) is 0 Å². The van der Waals surface area contributed by atoms with E-state index >= 15 is 0 Å². The molecule has 112 valence electrons. The molecule has 2 rings (SSSR count). The number of benzene rings is 2. The first kappa shape index (κ1) is 15.4. The van der Waals surface area contributed by atoms with Gasteiger partial charge in [0.1, 0.15) is 5.82 Å². The lowest BCUT2D eigenvalue weighted by atomic mass is 10.2. The van der Waals surface area contributed by atoms with Gasteiger partial charge in [-0.15, -0.1) is 0 Å². The van der Waals surface area contributed by atoms with Crippen molar-refractivity contribution in [3.63, 3.8) is 0 Å². The summed E-state index contributed by atoms with van der Waals surface area (Å²) in [5, 5.41) is 0. The summed E-state index contributed by atoms with van der Waals surface area (Å²) in [5.74, 6) is 4.81. The average Bonchev–Trinajstić information content (AvgIpc) is 2.49. The highest BCUT2D eigenvalue weighted by Crippen LogP contribution is 2.19. The van der Waals surface area contributed by atoms with Gasteiger partial charge < -0.3 is 5.43 Å². The van der Waals surface area contributed by atoms with Gasteiger partial charge in [0.05, 0.1) is 4.90 Å². The molecule has 0 atom stereocenters. The van der Waals surface area contributed by atoms with E-state index in [1.54, 1.807) is 30.3 Å². The lowest BCUT2D eigenvalue weighted by molar-refractivity contribution is 0.456. The van der Waals surface area contributed by atoms with Crippen LogP contribution in [-0.2, 0) is 16.6 Å². The molecule has 7 heteroatoms. The Morgan fingerprint density at radius 2 is 1.76 bits per heavy atom. The van der Waals surface area contributed by atoms with Gasteiger partial charge in [0.2, 0.25) is 10.0 Å². The molecule has 21 heavy (non-hydrogen) atoms. The second-order valence-electron chi connectivity index (χ2n) is 4.52. The number of hydrogen-bond acceptors (Lipinski definition) is 4. The van der Waals surface area contributed by atoms with Gasteiger partial charge in [-0.1, -0.05) is 18.2 Å². The minimum atomic E-state index is -3.68. The number of hydrazine groups is 1. The Hall–Kier alpha value is -1.96. The SMILES string of the molecule is CN(Cc1ccccc1F)S(=O)(=O)c1ccc(NN)cc1. The lowest BCUT2D eigenvalue weighted by Gasteiger charge is -2.17. The highest BCUT2D eigenvalue weighted by atomic mass is 32.2. The number of hydrogen-bond donors (Lipinski definition) is 2. The largest absolute Gasteiger partial charge is 0.324 e. The smallest absolute Gasteiger partial charge is 0.243 e. The van der Waals surface area contributed by atoms with Crippen molar-refractivity contribution in [2.75, 3.05) is 12.5 Å². The van der Waals surface area contributed by atoms with Gasteiger partial charge in [0, 0.05) is 24.8 Å². The zero-order chi connectivity index (χ0) is 15.5. The molecule has 0 radical (unpaired) electrons. The van der Waals surface area contributed by atoms with Gasteiger partial charge in [-0.05, 0) is 30.3 Å². The standard InChI is InChI=1S/C14H16FN3O2S/c1-18(10-11-4-2-3-5-14(11)15)21(19,20)13-8-6-12(17-16)7-9-13/h2-9,17H,10,16H2,1H3. The summed E-state index contributed by atoms with van der Waals surface area (Å²) in [4.78, 5) is 0.125. The molecule has 0 bridgehead atoms. The molecule has 0 spiro atoms. The maximum atomic E-state index is 13.6. The molecule has 0 unspecified atom stereocenters. The Labute approximate surface area is 123 Å². The molecule has 2 aromatic carbocycles. The predicted octanol–water partition coefficient (Wildman–Crippen LogP) is 1.93. The first-order chi connectivity index (χ1) is 9.95. The molecule has 3 N–H and O–H groups in total. The molecule has 5 nitrogen and oxygen atoms in total. The minimum Gasteiger partial charge on any atom is -0.324 e. The van der Waals surface area contributed by atoms with E-state index in [4.69, 9.17) is 5.84 Å². The number of halogens is 1. The van der Waals surface area contributed by atoms with E-state index in [9.17, 15) is 12.8 Å². The molecule has 0 amide bonds.